The minimum absolute atomic E-state index is 0.00987. The van der Waals surface area contributed by atoms with E-state index in [2.05, 4.69) is 41.9 Å². The molecule has 184 valence electrons. The van der Waals surface area contributed by atoms with Gasteiger partial charge in [-0.2, -0.15) is 0 Å². The van der Waals surface area contributed by atoms with Gasteiger partial charge in [0.25, 0.3) is 5.91 Å². The SMILES string of the molecule is CCC(N)(CC)C1(c2ccc(NC(=O)C(NC(=O)Nc3ccc(Cl)s3)c3ccccc3)cc2)CC1. The van der Waals surface area contributed by atoms with Crippen molar-refractivity contribution < 1.29 is 9.59 Å². The number of carbonyl (C=O) groups is 2. The number of rotatable bonds is 9. The lowest BCUT2D eigenvalue weighted by Crippen LogP contribution is -2.50. The van der Waals surface area contributed by atoms with Gasteiger partial charge in [-0.15, -0.1) is 11.3 Å². The molecule has 2 aromatic carbocycles. The molecule has 1 aromatic heterocycles. The molecule has 8 heteroatoms. The zero-order valence-corrected chi connectivity index (χ0v) is 21.5. The van der Waals surface area contributed by atoms with E-state index in [1.165, 1.54) is 16.9 Å². The lowest BCUT2D eigenvalue weighted by atomic mass is 9.73. The van der Waals surface area contributed by atoms with Gasteiger partial charge in [0.05, 0.1) is 9.34 Å². The summed E-state index contributed by atoms with van der Waals surface area (Å²) < 4.78 is 0.568. The molecule has 1 aliphatic rings. The van der Waals surface area contributed by atoms with Gasteiger partial charge in [0, 0.05) is 16.6 Å². The fourth-order valence-electron chi connectivity index (χ4n) is 4.82. The quantitative estimate of drug-likeness (QED) is 0.266. The standard InChI is InChI=1S/C27H31ClN4O2S/c1-3-27(29,4-2)26(16-17-26)19-10-12-20(13-11-19)30-24(33)23(18-8-6-5-7-9-18)32-25(34)31-22-15-14-21(28)35-22/h5-15,23H,3-4,16-17,29H2,1-2H3,(H,30,33)(H2,31,32,34). The van der Waals surface area contributed by atoms with Crippen LogP contribution in [0, 0.1) is 0 Å². The molecule has 0 aliphatic heterocycles. The van der Waals surface area contributed by atoms with Gasteiger partial charge in [-0.1, -0.05) is 67.9 Å². The molecule has 4 rings (SSSR count). The molecule has 5 N–H and O–H groups in total. The van der Waals surface area contributed by atoms with Crippen LogP contribution in [0.25, 0.3) is 0 Å². The molecule has 0 bridgehead atoms. The average molecular weight is 511 g/mol. The van der Waals surface area contributed by atoms with Crippen LogP contribution in [0.1, 0.15) is 56.7 Å². The summed E-state index contributed by atoms with van der Waals surface area (Å²) >= 11 is 7.19. The van der Waals surface area contributed by atoms with E-state index in [0.717, 1.165) is 25.7 Å². The van der Waals surface area contributed by atoms with Crippen molar-refractivity contribution in [3.05, 3.63) is 82.2 Å². The van der Waals surface area contributed by atoms with E-state index in [1.54, 1.807) is 12.1 Å². The number of hydrogen-bond acceptors (Lipinski definition) is 4. The highest BCUT2D eigenvalue weighted by Gasteiger charge is 2.56. The predicted molar refractivity (Wildman–Crippen MR) is 144 cm³/mol. The largest absolute Gasteiger partial charge is 0.324 e. The van der Waals surface area contributed by atoms with Crippen molar-refractivity contribution in [1.29, 1.82) is 0 Å². The summed E-state index contributed by atoms with van der Waals surface area (Å²) in [6.45, 7) is 4.30. The smallest absolute Gasteiger partial charge is 0.320 e. The molecule has 1 aliphatic carbocycles. The third-order valence-electron chi connectivity index (χ3n) is 7.15. The summed E-state index contributed by atoms with van der Waals surface area (Å²) in [4.78, 5) is 25.9. The van der Waals surface area contributed by atoms with Gasteiger partial charge >= 0.3 is 6.03 Å². The van der Waals surface area contributed by atoms with Crippen molar-refractivity contribution >= 4 is 45.6 Å². The van der Waals surface area contributed by atoms with Crippen LogP contribution in [0.2, 0.25) is 4.34 Å². The minimum Gasteiger partial charge on any atom is -0.324 e. The number of anilines is 2. The first-order chi connectivity index (χ1) is 16.8. The van der Waals surface area contributed by atoms with Crippen molar-refractivity contribution in [2.24, 2.45) is 5.73 Å². The van der Waals surface area contributed by atoms with E-state index in [-0.39, 0.29) is 16.9 Å². The van der Waals surface area contributed by atoms with Gasteiger partial charge in [0.15, 0.2) is 0 Å². The summed E-state index contributed by atoms with van der Waals surface area (Å²) in [5.41, 5.74) is 9.12. The second-order valence-electron chi connectivity index (χ2n) is 9.06. The van der Waals surface area contributed by atoms with E-state index in [4.69, 9.17) is 17.3 Å². The molecule has 3 amide bonds. The third kappa shape index (κ3) is 5.37. The van der Waals surface area contributed by atoms with Gasteiger partial charge in [0.2, 0.25) is 0 Å². The summed E-state index contributed by atoms with van der Waals surface area (Å²) in [6, 6.07) is 19.1. The van der Waals surface area contributed by atoms with Crippen molar-refractivity contribution in [2.75, 3.05) is 10.6 Å². The maximum absolute atomic E-state index is 13.3. The molecule has 0 spiro atoms. The van der Waals surface area contributed by atoms with E-state index >= 15 is 0 Å². The van der Waals surface area contributed by atoms with E-state index < -0.39 is 12.1 Å². The van der Waals surface area contributed by atoms with Gasteiger partial charge < -0.3 is 16.4 Å². The Bertz CT molecular complexity index is 1170. The monoisotopic (exact) mass is 510 g/mol. The zero-order chi connectivity index (χ0) is 25.1. The molecule has 3 aromatic rings. The molecule has 1 fully saturated rings. The number of carbonyl (C=O) groups excluding carboxylic acids is 2. The first kappa shape index (κ1) is 25.2. The molecule has 0 saturated heterocycles. The summed E-state index contributed by atoms with van der Waals surface area (Å²) in [6.07, 6.45) is 4.02. The molecular formula is C27H31ClN4O2S. The number of hydrogen-bond donors (Lipinski definition) is 4. The highest BCUT2D eigenvalue weighted by atomic mass is 35.5. The van der Waals surface area contributed by atoms with Crippen molar-refractivity contribution in [1.82, 2.24) is 5.32 Å². The Kier molecular flexibility index (Phi) is 7.50. The Morgan fingerprint density at radius 1 is 1.00 bits per heavy atom. The first-order valence-corrected chi connectivity index (χ1v) is 13.1. The molecule has 1 saturated carbocycles. The average Bonchev–Trinajstić information content (AvgIpc) is 3.60. The Morgan fingerprint density at radius 3 is 2.20 bits per heavy atom. The highest BCUT2D eigenvalue weighted by molar-refractivity contribution is 7.20. The Labute approximate surface area is 215 Å². The van der Waals surface area contributed by atoms with Gasteiger partial charge in [-0.25, -0.2) is 4.79 Å². The summed E-state index contributed by atoms with van der Waals surface area (Å²) in [5, 5.41) is 9.05. The number of halogens is 1. The van der Waals surface area contributed by atoms with Crippen molar-refractivity contribution in [3.63, 3.8) is 0 Å². The highest BCUT2D eigenvalue weighted by Crippen LogP contribution is 2.57. The maximum atomic E-state index is 13.3. The molecular weight excluding hydrogens is 480 g/mol. The van der Waals surface area contributed by atoms with Crippen molar-refractivity contribution in [2.45, 2.75) is 56.5 Å². The summed E-state index contributed by atoms with van der Waals surface area (Å²) in [5.74, 6) is -0.334. The molecule has 1 atom stereocenters. The molecule has 35 heavy (non-hydrogen) atoms. The lowest BCUT2D eigenvalue weighted by Gasteiger charge is -2.37. The minimum atomic E-state index is -0.877. The van der Waals surface area contributed by atoms with Crippen LogP contribution in [0.4, 0.5) is 15.5 Å². The van der Waals surface area contributed by atoms with E-state index in [0.29, 0.717) is 20.6 Å². The number of amides is 3. The Hall–Kier alpha value is -2.87. The van der Waals surface area contributed by atoms with Crippen LogP contribution < -0.4 is 21.7 Å². The number of thiophene rings is 1. The second kappa shape index (κ2) is 10.4. The summed E-state index contributed by atoms with van der Waals surface area (Å²) in [7, 11) is 0. The molecule has 0 radical (unpaired) electrons. The van der Waals surface area contributed by atoms with Crippen molar-refractivity contribution in [3.8, 4) is 0 Å². The van der Waals surface area contributed by atoms with Gasteiger partial charge in [-0.05, 0) is 61.1 Å². The van der Waals surface area contributed by atoms with Gasteiger partial charge in [-0.3, -0.25) is 10.1 Å². The van der Waals surface area contributed by atoms with Gasteiger partial charge in [0.1, 0.15) is 6.04 Å². The molecule has 6 nitrogen and oxygen atoms in total. The van der Waals surface area contributed by atoms with Crippen LogP contribution in [0.3, 0.4) is 0 Å². The maximum Gasteiger partial charge on any atom is 0.320 e. The lowest BCUT2D eigenvalue weighted by molar-refractivity contribution is -0.118. The van der Waals surface area contributed by atoms with Crippen LogP contribution >= 0.6 is 22.9 Å². The number of urea groups is 1. The zero-order valence-electron chi connectivity index (χ0n) is 19.9. The predicted octanol–water partition coefficient (Wildman–Crippen LogP) is 6.45. The fourth-order valence-corrected chi connectivity index (χ4v) is 5.76. The van der Waals surface area contributed by atoms with Crippen LogP contribution in [0.15, 0.2) is 66.7 Å². The number of benzene rings is 2. The van der Waals surface area contributed by atoms with E-state index in [9.17, 15) is 9.59 Å². The van der Waals surface area contributed by atoms with Crippen LogP contribution in [-0.2, 0) is 10.2 Å². The molecule has 1 heterocycles. The second-order valence-corrected chi connectivity index (χ2v) is 10.8. The number of nitrogens with one attached hydrogen (secondary N) is 3. The van der Waals surface area contributed by atoms with E-state index in [1.807, 2.05) is 42.5 Å². The Morgan fingerprint density at radius 2 is 1.66 bits per heavy atom. The first-order valence-electron chi connectivity index (χ1n) is 11.9. The van der Waals surface area contributed by atoms with Crippen LogP contribution in [-0.4, -0.2) is 17.5 Å². The van der Waals surface area contributed by atoms with Crippen LogP contribution in [0.5, 0.6) is 0 Å². The third-order valence-corrected chi connectivity index (χ3v) is 8.30. The molecule has 1 unspecified atom stereocenters. The normalized spacial score (nSPS) is 15.2. The number of nitrogens with two attached hydrogens (primary N) is 1. The topological polar surface area (TPSA) is 96.2 Å². The Balaban J connectivity index is 1.48. The fraction of sp³-hybridized carbons (Fsp3) is 0.333.